The highest BCUT2D eigenvalue weighted by Gasteiger charge is 2.05. The predicted molar refractivity (Wildman–Crippen MR) is 83.3 cm³/mol. The maximum absolute atomic E-state index is 3.54. The van der Waals surface area contributed by atoms with Crippen LogP contribution in [0.5, 0.6) is 0 Å². The number of benzene rings is 2. The topological polar surface area (TPSA) is 12.0 Å². The summed E-state index contributed by atoms with van der Waals surface area (Å²) in [6.07, 6.45) is 1.17. The summed E-state index contributed by atoms with van der Waals surface area (Å²) in [7, 11) is 0. The maximum atomic E-state index is 3.54. The van der Waals surface area contributed by atoms with Crippen molar-refractivity contribution in [1.82, 2.24) is 5.32 Å². The molecule has 0 spiro atoms. The molecule has 100 valence electrons. The number of nitrogens with one attached hydrogen (secondary N) is 1. The minimum absolute atomic E-state index is 0.408. The Kier molecular flexibility index (Phi) is 4.75. The van der Waals surface area contributed by atoms with E-state index >= 15 is 0 Å². The molecule has 0 heterocycles. The Labute approximate surface area is 116 Å². The summed E-state index contributed by atoms with van der Waals surface area (Å²) in [6.45, 7) is 7.61. The lowest BCUT2D eigenvalue weighted by molar-refractivity contribution is 0.571. The minimum Gasteiger partial charge on any atom is -0.310 e. The fraction of sp³-hybridized carbons (Fsp3) is 0.333. The van der Waals surface area contributed by atoms with E-state index in [1.165, 1.54) is 28.7 Å². The predicted octanol–water partition coefficient (Wildman–Crippen LogP) is 4.72. The summed E-state index contributed by atoms with van der Waals surface area (Å²) >= 11 is 0. The summed E-state index contributed by atoms with van der Waals surface area (Å²) in [5, 5.41) is 3.54. The Balaban J connectivity index is 2.21. The molecule has 2 aromatic carbocycles. The number of hydrogen-bond acceptors (Lipinski definition) is 1. The summed E-state index contributed by atoms with van der Waals surface area (Å²) in [5.74, 6) is 0. The van der Waals surface area contributed by atoms with E-state index in [9.17, 15) is 0 Å². The molecule has 0 aliphatic rings. The highest BCUT2D eigenvalue weighted by molar-refractivity contribution is 5.64. The average molecular weight is 253 g/mol. The van der Waals surface area contributed by atoms with E-state index in [1.54, 1.807) is 0 Å². The molecule has 2 aromatic rings. The summed E-state index contributed by atoms with van der Waals surface area (Å²) in [5.41, 5.74) is 5.24. The van der Waals surface area contributed by atoms with E-state index in [1.807, 2.05) is 0 Å². The zero-order chi connectivity index (χ0) is 13.7. The molecule has 1 N–H and O–H groups in total. The molecule has 0 amide bonds. The van der Waals surface area contributed by atoms with Crippen molar-refractivity contribution in [2.24, 2.45) is 0 Å². The van der Waals surface area contributed by atoms with Crippen LogP contribution in [-0.2, 0) is 0 Å². The van der Waals surface area contributed by atoms with Gasteiger partial charge in [-0.05, 0) is 49.6 Å². The van der Waals surface area contributed by atoms with Crippen molar-refractivity contribution in [2.75, 3.05) is 6.54 Å². The standard InChI is InChI=1S/C18H23N/c1-4-12-19-15(3)17-6-5-7-18(13-17)16-10-8-14(2)9-11-16/h5-11,13,15,19H,4,12H2,1-3H3. The van der Waals surface area contributed by atoms with E-state index in [-0.39, 0.29) is 0 Å². The van der Waals surface area contributed by atoms with Gasteiger partial charge in [0, 0.05) is 6.04 Å². The third kappa shape index (κ3) is 3.68. The van der Waals surface area contributed by atoms with Gasteiger partial charge in [-0.15, -0.1) is 0 Å². The lowest BCUT2D eigenvalue weighted by Gasteiger charge is -2.15. The van der Waals surface area contributed by atoms with Crippen molar-refractivity contribution in [3.8, 4) is 11.1 Å². The number of hydrogen-bond donors (Lipinski definition) is 1. The van der Waals surface area contributed by atoms with Crippen molar-refractivity contribution in [3.63, 3.8) is 0 Å². The highest BCUT2D eigenvalue weighted by atomic mass is 14.9. The first-order valence-corrected chi connectivity index (χ1v) is 7.11. The van der Waals surface area contributed by atoms with Gasteiger partial charge in [-0.25, -0.2) is 0 Å². The lowest BCUT2D eigenvalue weighted by Crippen LogP contribution is -2.19. The van der Waals surface area contributed by atoms with E-state index in [4.69, 9.17) is 0 Å². The Morgan fingerprint density at radius 1 is 1.00 bits per heavy atom. The van der Waals surface area contributed by atoms with Gasteiger partial charge in [0.15, 0.2) is 0 Å². The fourth-order valence-corrected chi connectivity index (χ4v) is 2.21. The zero-order valence-corrected chi connectivity index (χ0v) is 12.1. The second kappa shape index (κ2) is 6.53. The molecule has 0 bridgehead atoms. The summed E-state index contributed by atoms with van der Waals surface area (Å²) in [4.78, 5) is 0. The summed E-state index contributed by atoms with van der Waals surface area (Å²) in [6, 6.07) is 17.9. The molecule has 1 unspecified atom stereocenters. The number of rotatable bonds is 5. The largest absolute Gasteiger partial charge is 0.310 e. The molecule has 0 fully saturated rings. The second-order valence-electron chi connectivity index (χ2n) is 5.17. The van der Waals surface area contributed by atoms with Gasteiger partial charge in [-0.1, -0.05) is 55.0 Å². The molecular weight excluding hydrogens is 230 g/mol. The van der Waals surface area contributed by atoms with Gasteiger partial charge in [-0.2, -0.15) is 0 Å². The maximum Gasteiger partial charge on any atom is 0.0292 e. The van der Waals surface area contributed by atoms with Gasteiger partial charge in [0.25, 0.3) is 0 Å². The zero-order valence-electron chi connectivity index (χ0n) is 12.1. The van der Waals surface area contributed by atoms with Crippen molar-refractivity contribution in [3.05, 3.63) is 59.7 Å². The van der Waals surface area contributed by atoms with E-state index < -0.39 is 0 Å². The molecule has 19 heavy (non-hydrogen) atoms. The molecule has 1 atom stereocenters. The molecule has 0 saturated heterocycles. The van der Waals surface area contributed by atoms with Gasteiger partial charge in [0.05, 0.1) is 0 Å². The van der Waals surface area contributed by atoms with Crippen LogP contribution in [0.15, 0.2) is 48.5 Å². The van der Waals surface area contributed by atoms with Gasteiger partial charge >= 0.3 is 0 Å². The van der Waals surface area contributed by atoms with Crippen LogP contribution in [0.4, 0.5) is 0 Å². The second-order valence-corrected chi connectivity index (χ2v) is 5.17. The quantitative estimate of drug-likeness (QED) is 0.812. The van der Waals surface area contributed by atoms with Gasteiger partial charge in [0.1, 0.15) is 0 Å². The van der Waals surface area contributed by atoms with Gasteiger partial charge in [-0.3, -0.25) is 0 Å². The van der Waals surface area contributed by atoms with Crippen LogP contribution in [0, 0.1) is 6.92 Å². The third-order valence-electron chi connectivity index (χ3n) is 3.47. The molecule has 0 radical (unpaired) electrons. The van der Waals surface area contributed by atoms with Crippen LogP contribution < -0.4 is 5.32 Å². The molecule has 0 saturated carbocycles. The lowest BCUT2D eigenvalue weighted by atomic mass is 9.99. The van der Waals surface area contributed by atoms with Gasteiger partial charge in [0.2, 0.25) is 0 Å². The molecule has 0 aliphatic carbocycles. The molecular formula is C18H23N. The van der Waals surface area contributed by atoms with Crippen molar-refractivity contribution in [2.45, 2.75) is 33.2 Å². The Hall–Kier alpha value is -1.60. The minimum atomic E-state index is 0.408. The molecule has 0 aliphatic heterocycles. The van der Waals surface area contributed by atoms with Crippen molar-refractivity contribution < 1.29 is 0 Å². The molecule has 2 rings (SSSR count). The highest BCUT2D eigenvalue weighted by Crippen LogP contribution is 2.23. The third-order valence-corrected chi connectivity index (χ3v) is 3.47. The first-order chi connectivity index (χ1) is 9.20. The van der Waals surface area contributed by atoms with Crippen molar-refractivity contribution in [1.29, 1.82) is 0 Å². The molecule has 1 heteroatoms. The molecule has 1 nitrogen and oxygen atoms in total. The Morgan fingerprint density at radius 3 is 2.42 bits per heavy atom. The Bertz CT molecular complexity index is 513. The van der Waals surface area contributed by atoms with Crippen LogP contribution in [0.2, 0.25) is 0 Å². The van der Waals surface area contributed by atoms with Crippen LogP contribution in [0.25, 0.3) is 11.1 Å². The van der Waals surface area contributed by atoms with Gasteiger partial charge < -0.3 is 5.32 Å². The summed E-state index contributed by atoms with van der Waals surface area (Å²) < 4.78 is 0. The van der Waals surface area contributed by atoms with Crippen LogP contribution >= 0.6 is 0 Å². The molecule has 0 aromatic heterocycles. The normalized spacial score (nSPS) is 12.4. The van der Waals surface area contributed by atoms with E-state index in [0.717, 1.165) is 6.54 Å². The van der Waals surface area contributed by atoms with E-state index in [2.05, 4.69) is 74.6 Å². The smallest absolute Gasteiger partial charge is 0.0292 e. The monoisotopic (exact) mass is 253 g/mol. The average Bonchev–Trinajstić information content (AvgIpc) is 2.45. The van der Waals surface area contributed by atoms with E-state index in [0.29, 0.717) is 6.04 Å². The Morgan fingerprint density at radius 2 is 1.74 bits per heavy atom. The SMILES string of the molecule is CCCNC(C)c1cccc(-c2ccc(C)cc2)c1. The first kappa shape index (κ1) is 13.8. The van der Waals surface area contributed by atoms with Crippen LogP contribution in [-0.4, -0.2) is 6.54 Å². The van der Waals surface area contributed by atoms with Crippen molar-refractivity contribution >= 4 is 0 Å². The first-order valence-electron chi connectivity index (χ1n) is 7.11. The van der Waals surface area contributed by atoms with Crippen LogP contribution in [0.1, 0.15) is 37.4 Å². The fourth-order valence-electron chi connectivity index (χ4n) is 2.21. The number of aryl methyl sites for hydroxylation is 1. The van der Waals surface area contributed by atoms with Crippen LogP contribution in [0.3, 0.4) is 0 Å².